The Bertz CT molecular complexity index is 252. The van der Waals surface area contributed by atoms with Crippen LogP contribution in [0.2, 0.25) is 0 Å². The van der Waals surface area contributed by atoms with Gasteiger partial charge in [-0.25, -0.2) is 0 Å². The van der Waals surface area contributed by atoms with Gasteiger partial charge in [0, 0.05) is 6.61 Å². The minimum Gasteiger partial charge on any atom is -0.353 e. The van der Waals surface area contributed by atoms with Gasteiger partial charge in [0.1, 0.15) is 0 Å². The first-order chi connectivity index (χ1) is 10.3. The zero-order valence-electron chi connectivity index (χ0n) is 14.2. The Kier molecular flexibility index (Phi) is 8.10. The molecule has 2 nitrogen and oxygen atoms in total. The fraction of sp³-hybridized carbons (Fsp3) is 1.00. The van der Waals surface area contributed by atoms with Crippen LogP contribution in [-0.4, -0.2) is 18.5 Å². The Morgan fingerprint density at radius 2 is 1.67 bits per heavy atom. The van der Waals surface area contributed by atoms with E-state index in [4.69, 9.17) is 9.47 Å². The molecule has 124 valence electrons. The van der Waals surface area contributed by atoms with Crippen LogP contribution in [-0.2, 0) is 9.47 Å². The van der Waals surface area contributed by atoms with Gasteiger partial charge in [-0.2, -0.15) is 0 Å². The summed E-state index contributed by atoms with van der Waals surface area (Å²) in [5.74, 6) is 0. The quantitative estimate of drug-likeness (QED) is 0.487. The number of hydrogen-bond acceptors (Lipinski definition) is 2. The van der Waals surface area contributed by atoms with Crippen LogP contribution in [0.15, 0.2) is 0 Å². The van der Waals surface area contributed by atoms with E-state index in [1.807, 2.05) is 0 Å². The molecular weight excluding hydrogens is 260 g/mol. The van der Waals surface area contributed by atoms with Gasteiger partial charge >= 0.3 is 0 Å². The second kappa shape index (κ2) is 9.84. The van der Waals surface area contributed by atoms with Crippen LogP contribution in [0.25, 0.3) is 0 Å². The standard InChI is InChI=1S/C19H36O2/c1-2-3-4-5-6-9-14-19(15-10-7-11-16-19)21-18-13-8-12-17-20-18/h18H,2-17H2,1H3. The molecule has 2 fully saturated rings. The molecule has 1 heterocycles. The Labute approximate surface area is 132 Å². The summed E-state index contributed by atoms with van der Waals surface area (Å²) >= 11 is 0. The zero-order valence-corrected chi connectivity index (χ0v) is 14.2. The van der Waals surface area contributed by atoms with Crippen molar-refractivity contribution >= 4 is 0 Å². The first kappa shape index (κ1) is 17.3. The van der Waals surface area contributed by atoms with Crippen molar-refractivity contribution in [2.24, 2.45) is 0 Å². The highest BCUT2D eigenvalue weighted by atomic mass is 16.7. The van der Waals surface area contributed by atoms with Crippen molar-refractivity contribution in [1.82, 2.24) is 0 Å². The molecule has 1 aliphatic carbocycles. The van der Waals surface area contributed by atoms with Gasteiger partial charge in [-0.05, 0) is 38.5 Å². The van der Waals surface area contributed by atoms with Gasteiger partial charge in [-0.1, -0.05) is 64.7 Å². The molecular formula is C19H36O2. The van der Waals surface area contributed by atoms with Crippen LogP contribution in [0, 0.1) is 0 Å². The van der Waals surface area contributed by atoms with Gasteiger partial charge in [-0.3, -0.25) is 0 Å². The molecule has 0 spiro atoms. The van der Waals surface area contributed by atoms with Gasteiger partial charge in [0.15, 0.2) is 6.29 Å². The molecule has 0 N–H and O–H groups in total. The molecule has 0 aromatic rings. The number of hydrogen-bond donors (Lipinski definition) is 0. The number of ether oxygens (including phenoxy) is 2. The Hall–Kier alpha value is -0.0800. The predicted octanol–water partition coefficient (Wildman–Crippen LogP) is 5.98. The molecule has 2 heteroatoms. The highest BCUT2D eigenvalue weighted by molar-refractivity contribution is 4.85. The molecule has 1 aliphatic heterocycles. The van der Waals surface area contributed by atoms with E-state index in [0.29, 0.717) is 0 Å². The van der Waals surface area contributed by atoms with Crippen molar-refractivity contribution in [3.8, 4) is 0 Å². The molecule has 1 atom stereocenters. The third kappa shape index (κ3) is 6.28. The molecule has 0 aromatic heterocycles. The van der Waals surface area contributed by atoms with E-state index in [9.17, 15) is 0 Å². The van der Waals surface area contributed by atoms with E-state index >= 15 is 0 Å². The van der Waals surface area contributed by atoms with Crippen LogP contribution in [0.1, 0.15) is 103 Å². The average Bonchev–Trinajstić information content (AvgIpc) is 2.53. The third-order valence-electron chi connectivity index (χ3n) is 5.27. The van der Waals surface area contributed by atoms with Crippen molar-refractivity contribution in [1.29, 1.82) is 0 Å². The van der Waals surface area contributed by atoms with Gasteiger partial charge in [0.05, 0.1) is 5.60 Å². The molecule has 1 saturated carbocycles. The van der Waals surface area contributed by atoms with Gasteiger partial charge in [0.25, 0.3) is 0 Å². The lowest BCUT2D eigenvalue weighted by atomic mass is 9.80. The summed E-state index contributed by atoms with van der Waals surface area (Å²) in [6.07, 6.45) is 19.9. The van der Waals surface area contributed by atoms with Crippen LogP contribution >= 0.6 is 0 Å². The largest absolute Gasteiger partial charge is 0.353 e. The van der Waals surface area contributed by atoms with Gasteiger partial charge < -0.3 is 9.47 Å². The summed E-state index contributed by atoms with van der Waals surface area (Å²) in [6.45, 7) is 3.19. The molecule has 2 aliphatic rings. The van der Waals surface area contributed by atoms with E-state index < -0.39 is 0 Å². The molecule has 1 unspecified atom stereocenters. The zero-order chi connectivity index (χ0) is 14.8. The summed E-state index contributed by atoms with van der Waals surface area (Å²) in [6, 6.07) is 0. The lowest BCUT2D eigenvalue weighted by Gasteiger charge is -2.41. The van der Waals surface area contributed by atoms with Gasteiger partial charge in [0.2, 0.25) is 0 Å². The van der Waals surface area contributed by atoms with Crippen LogP contribution in [0.3, 0.4) is 0 Å². The fourth-order valence-electron chi connectivity index (χ4n) is 3.93. The van der Waals surface area contributed by atoms with Crippen LogP contribution in [0.5, 0.6) is 0 Å². The third-order valence-corrected chi connectivity index (χ3v) is 5.27. The first-order valence-electron chi connectivity index (χ1n) is 9.64. The van der Waals surface area contributed by atoms with Crippen molar-refractivity contribution in [2.45, 2.75) is 115 Å². The minimum atomic E-state index is 0.0944. The minimum absolute atomic E-state index is 0.0944. The lowest BCUT2D eigenvalue weighted by molar-refractivity contribution is -0.235. The molecule has 0 radical (unpaired) electrons. The predicted molar refractivity (Wildman–Crippen MR) is 88.5 cm³/mol. The summed E-state index contributed by atoms with van der Waals surface area (Å²) in [7, 11) is 0. The second-order valence-electron chi connectivity index (χ2n) is 7.18. The molecule has 0 aromatic carbocycles. The topological polar surface area (TPSA) is 18.5 Å². The molecule has 0 amide bonds. The Morgan fingerprint density at radius 1 is 0.905 bits per heavy atom. The normalized spacial score (nSPS) is 25.9. The van der Waals surface area contributed by atoms with Crippen molar-refractivity contribution in [3.05, 3.63) is 0 Å². The number of unbranched alkanes of at least 4 members (excludes halogenated alkanes) is 5. The van der Waals surface area contributed by atoms with E-state index in [0.717, 1.165) is 13.0 Å². The average molecular weight is 296 g/mol. The monoisotopic (exact) mass is 296 g/mol. The maximum absolute atomic E-state index is 6.53. The maximum Gasteiger partial charge on any atom is 0.158 e. The van der Waals surface area contributed by atoms with E-state index in [1.165, 1.54) is 89.9 Å². The Balaban J connectivity index is 1.73. The van der Waals surface area contributed by atoms with E-state index in [2.05, 4.69) is 6.92 Å². The summed E-state index contributed by atoms with van der Waals surface area (Å²) in [4.78, 5) is 0. The van der Waals surface area contributed by atoms with Crippen molar-refractivity contribution in [3.63, 3.8) is 0 Å². The fourth-order valence-corrected chi connectivity index (χ4v) is 3.93. The van der Waals surface area contributed by atoms with Gasteiger partial charge in [-0.15, -0.1) is 0 Å². The first-order valence-corrected chi connectivity index (χ1v) is 9.64. The summed E-state index contributed by atoms with van der Waals surface area (Å²) in [5, 5.41) is 0. The SMILES string of the molecule is CCCCCCCCC1(OC2CCCCO2)CCCCC1. The molecule has 2 rings (SSSR count). The second-order valence-corrected chi connectivity index (χ2v) is 7.18. The summed E-state index contributed by atoms with van der Waals surface area (Å²) in [5.41, 5.74) is 0.158. The summed E-state index contributed by atoms with van der Waals surface area (Å²) < 4.78 is 12.4. The smallest absolute Gasteiger partial charge is 0.158 e. The molecule has 21 heavy (non-hydrogen) atoms. The van der Waals surface area contributed by atoms with Crippen molar-refractivity contribution in [2.75, 3.05) is 6.61 Å². The Morgan fingerprint density at radius 3 is 2.38 bits per heavy atom. The van der Waals surface area contributed by atoms with E-state index in [-0.39, 0.29) is 11.9 Å². The molecule has 0 bridgehead atoms. The highest BCUT2D eigenvalue weighted by Gasteiger charge is 2.35. The molecule has 1 saturated heterocycles. The van der Waals surface area contributed by atoms with Crippen LogP contribution < -0.4 is 0 Å². The lowest BCUT2D eigenvalue weighted by Crippen LogP contribution is -2.40. The van der Waals surface area contributed by atoms with Crippen molar-refractivity contribution < 1.29 is 9.47 Å². The highest BCUT2D eigenvalue weighted by Crippen LogP contribution is 2.38. The van der Waals surface area contributed by atoms with Crippen LogP contribution in [0.4, 0.5) is 0 Å². The number of rotatable bonds is 9. The maximum atomic E-state index is 6.53. The van der Waals surface area contributed by atoms with E-state index in [1.54, 1.807) is 0 Å².